The monoisotopic (exact) mass is 396 g/mol. The van der Waals surface area contributed by atoms with Crippen LogP contribution in [0, 0.1) is 0 Å². The Bertz CT molecular complexity index is 1170. The molecule has 1 saturated heterocycles. The van der Waals surface area contributed by atoms with Crippen molar-refractivity contribution in [3.63, 3.8) is 0 Å². The fourth-order valence-electron chi connectivity index (χ4n) is 4.18. The van der Waals surface area contributed by atoms with E-state index in [1.54, 1.807) is 30.6 Å². The Morgan fingerprint density at radius 1 is 0.964 bits per heavy atom. The molecule has 1 N–H and O–H groups in total. The second-order valence-corrected chi connectivity index (χ2v) is 9.27. The van der Waals surface area contributed by atoms with Crippen molar-refractivity contribution in [2.45, 2.75) is 11.3 Å². The molecule has 0 radical (unpaired) electrons. The number of aryl methyl sites for hydroxylation is 1. The summed E-state index contributed by atoms with van der Waals surface area (Å²) in [5.74, 6) is 1.23. The summed E-state index contributed by atoms with van der Waals surface area (Å²) in [6.45, 7) is 3.11. The molecule has 2 aromatic carbocycles. The number of fused-ring (bicyclic) bond motifs is 3. The number of anilines is 2. The zero-order valence-electron chi connectivity index (χ0n) is 15.2. The van der Waals surface area contributed by atoms with E-state index in [0.29, 0.717) is 11.3 Å². The average Bonchev–Trinajstić information content (AvgIpc) is 3.02. The number of phenolic OH excluding ortho intramolecular Hbond substituents is 1. The molecular formula is C20H20N4O3S. The Hall–Kier alpha value is -2.87. The van der Waals surface area contributed by atoms with Crippen molar-refractivity contribution in [2.75, 3.05) is 41.7 Å². The predicted molar refractivity (Wildman–Crippen MR) is 108 cm³/mol. The van der Waals surface area contributed by atoms with Crippen LogP contribution in [0.15, 0.2) is 47.6 Å². The number of hydrogen-bond donors (Lipinski definition) is 1. The summed E-state index contributed by atoms with van der Waals surface area (Å²) in [6.07, 6.45) is 2.06. The maximum atomic E-state index is 12.3. The quantitative estimate of drug-likeness (QED) is 0.709. The van der Waals surface area contributed by atoms with E-state index in [1.165, 1.54) is 0 Å². The van der Waals surface area contributed by atoms with Crippen LogP contribution in [-0.4, -0.2) is 55.4 Å². The summed E-state index contributed by atoms with van der Waals surface area (Å²) in [4.78, 5) is 13.8. The first-order valence-electron chi connectivity index (χ1n) is 9.31. The molecule has 1 aromatic heterocycles. The maximum Gasteiger partial charge on any atom is 0.179 e. The number of nitrogens with zero attached hydrogens (tertiary/aromatic N) is 4. The van der Waals surface area contributed by atoms with E-state index in [9.17, 15) is 13.5 Å². The summed E-state index contributed by atoms with van der Waals surface area (Å²) in [7, 11) is -3.20. The van der Waals surface area contributed by atoms with Gasteiger partial charge in [0.05, 0.1) is 16.2 Å². The summed E-state index contributed by atoms with van der Waals surface area (Å²) in [5, 5.41) is 10.6. The molecule has 5 rings (SSSR count). The number of aromatic hydroxyl groups is 1. The maximum absolute atomic E-state index is 12.3. The first kappa shape index (κ1) is 17.2. The van der Waals surface area contributed by atoms with Gasteiger partial charge in [0.2, 0.25) is 0 Å². The first-order chi connectivity index (χ1) is 13.5. The first-order valence-corrected chi connectivity index (χ1v) is 11.0. The van der Waals surface area contributed by atoms with Gasteiger partial charge in [-0.2, -0.15) is 0 Å². The third-order valence-electron chi connectivity index (χ3n) is 5.58. The lowest BCUT2D eigenvalue weighted by Gasteiger charge is -2.37. The van der Waals surface area contributed by atoms with E-state index in [2.05, 4.69) is 19.8 Å². The highest BCUT2D eigenvalue weighted by atomic mass is 32.2. The molecule has 3 heterocycles. The van der Waals surface area contributed by atoms with Gasteiger partial charge >= 0.3 is 0 Å². The van der Waals surface area contributed by atoms with Crippen LogP contribution >= 0.6 is 0 Å². The second-order valence-electron chi connectivity index (χ2n) is 7.20. The average molecular weight is 396 g/mol. The summed E-state index contributed by atoms with van der Waals surface area (Å²) < 4.78 is 24.7. The molecule has 2 aliphatic rings. The molecule has 0 saturated carbocycles. The van der Waals surface area contributed by atoms with Gasteiger partial charge < -0.3 is 14.9 Å². The number of hydrogen-bond acceptors (Lipinski definition) is 7. The van der Waals surface area contributed by atoms with Crippen molar-refractivity contribution in [1.82, 2.24) is 9.97 Å². The molecule has 0 aliphatic carbocycles. The van der Waals surface area contributed by atoms with Gasteiger partial charge in [-0.15, -0.1) is 0 Å². The Kier molecular flexibility index (Phi) is 3.90. The lowest BCUT2D eigenvalue weighted by atomic mass is 10.1. The van der Waals surface area contributed by atoms with Crippen LogP contribution in [0.2, 0.25) is 0 Å². The zero-order chi connectivity index (χ0) is 19.3. The SMILES string of the molecule is O=S1(=O)CCc2c1ccc1ncnc(N3CCN(c4cccc(O)c4)CC3)c21. The Morgan fingerprint density at radius 3 is 2.54 bits per heavy atom. The van der Waals surface area contributed by atoms with Crippen LogP contribution in [-0.2, 0) is 16.3 Å². The van der Waals surface area contributed by atoms with Gasteiger partial charge in [0.1, 0.15) is 17.9 Å². The topological polar surface area (TPSA) is 86.6 Å². The lowest BCUT2D eigenvalue weighted by Crippen LogP contribution is -2.47. The molecule has 1 fully saturated rings. The molecule has 8 heteroatoms. The van der Waals surface area contributed by atoms with Crippen molar-refractivity contribution in [3.8, 4) is 5.75 Å². The van der Waals surface area contributed by atoms with Crippen molar-refractivity contribution in [2.24, 2.45) is 0 Å². The minimum atomic E-state index is -3.20. The molecule has 0 unspecified atom stereocenters. The van der Waals surface area contributed by atoms with E-state index in [0.717, 1.165) is 54.2 Å². The highest BCUT2D eigenvalue weighted by molar-refractivity contribution is 7.91. The number of phenols is 1. The Balaban J connectivity index is 1.49. The molecule has 0 amide bonds. The van der Waals surface area contributed by atoms with E-state index in [-0.39, 0.29) is 11.5 Å². The molecular weight excluding hydrogens is 376 g/mol. The zero-order valence-corrected chi connectivity index (χ0v) is 16.1. The smallest absolute Gasteiger partial charge is 0.179 e. The van der Waals surface area contributed by atoms with Crippen molar-refractivity contribution < 1.29 is 13.5 Å². The van der Waals surface area contributed by atoms with Gasteiger partial charge in [-0.3, -0.25) is 0 Å². The highest BCUT2D eigenvalue weighted by Crippen LogP contribution is 2.36. The van der Waals surface area contributed by atoms with Crippen LogP contribution in [0.5, 0.6) is 5.75 Å². The number of benzene rings is 2. The van der Waals surface area contributed by atoms with E-state index in [1.807, 2.05) is 12.1 Å². The molecule has 2 aliphatic heterocycles. The minimum absolute atomic E-state index is 0.154. The summed E-state index contributed by atoms with van der Waals surface area (Å²) >= 11 is 0. The normalized spacial score (nSPS) is 18.4. The van der Waals surface area contributed by atoms with Gasteiger partial charge in [-0.05, 0) is 36.2 Å². The van der Waals surface area contributed by atoms with Gasteiger partial charge in [0.15, 0.2) is 9.84 Å². The van der Waals surface area contributed by atoms with Crippen LogP contribution < -0.4 is 9.80 Å². The number of sulfone groups is 1. The molecule has 3 aromatic rings. The fourth-order valence-corrected chi connectivity index (χ4v) is 5.72. The van der Waals surface area contributed by atoms with Crippen molar-refractivity contribution >= 4 is 32.2 Å². The third-order valence-corrected chi connectivity index (χ3v) is 7.37. The van der Waals surface area contributed by atoms with Gasteiger partial charge in [-0.25, -0.2) is 18.4 Å². The van der Waals surface area contributed by atoms with E-state index in [4.69, 9.17) is 0 Å². The number of aromatic nitrogens is 2. The van der Waals surface area contributed by atoms with Gasteiger partial charge in [0, 0.05) is 43.3 Å². The second kappa shape index (κ2) is 6.34. The highest BCUT2D eigenvalue weighted by Gasteiger charge is 2.30. The van der Waals surface area contributed by atoms with Crippen molar-refractivity contribution in [1.29, 1.82) is 0 Å². The third kappa shape index (κ3) is 2.75. The molecule has 0 atom stereocenters. The van der Waals surface area contributed by atoms with E-state index >= 15 is 0 Å². The standard InChI is InChI=1S/C20H20N4O3S/c25-15-3-1-2-14(12-15)23-7-9-24(10-8-23)20-19-16-6-11-28(26,27)18(16)5-4-17(19)21-13-22-20/h1-5,12-13,25H,6-11H2. The minimum Gasteiger partial charge on any atom is -0.508 e. The predicted octanol–water partition coefficient (Wildman–Crippen LogP) is 1.99. The summed E-state index contributed by atoms with van der Waals surface area (Å²) in [6, 6.07) is 10.7. The summed E-state index contributed by atoms with van der Waals surface area (Å²) in [5.41, 5.74) is 2.64. The van der Waals surface area contributed by atoms with E-state index < -0.39 is 9.84 Å². The Morgan fingerprint density at radius 2 is 1.75 bits per heavy atom. The Labute approximate surface area is 163 Å². The van der Waals surface area contributed by atoms with Crippen LogP contribution in [0.1, 0.15) is 5.56 Å². The molecule has 28 heavy (non-hydrogen) atoms. The molecule has 144 valence electrons. The van der Waals surface area contributed by atoms with Gasteiger partial charge in [-0.1, -0.05) is 6.07 Å². The fraction of sp³-hybridized carbons (Fsp3) is 0.300. The number of piperazine rings is 1. The van der Waals surface area contributed by atoms with Crippen LogP contribution in [0.25, 0.3) is 10.9 Å². The van der Waals surface area contributed by atoms with Crippen molar-refractivity contribution in [3.05, 3.63) is 48.3 Å². The molecule has 0 spiro atoms. The lowest BCUT2D eigenvalue weighted by molar-refractivity contribution is 0.475. The number of rotatable bonds is 2. The van der Waals surface area contributed by atoms with Gasteiger partial charge in [0.25, 0.3) is 0 Å². The molecule has 0 bridgehead atoms. The van der Waals surface area contributed by atoms with Crippen LogP contribution in [0.4, 0.5) is 11.5 Å². The van der Waals surface area contributed by atoms with Crippen LogP contribution in [0.3, 0.4) is 0 Å². The molecule has 7 nitrogen and oxygen atoms in total. The largest absolute Gasteiger partial charge is 0.508 e.